The zero-order valence-corrected chi connectivity index (χ0v) is 13.1. The largest absolute Gasteiger partial charge is 0.444 e. The lowest BCUT2D eigenvalue weighted by molar-refractivity contribution is 0.0506. The highest BCUT2D eigenvalue weighted by atomic mass is 16.6. The summed E-state index contributed by atoms with van der Waals surface area (Å²) in [7, 11) is 0. The van der Waals surface area contributed by atoms with E-state index in [1.807, 2.05) is 51.1 Å². The van der Waals surface area contributed by atoms with Crippen LogP contribution in [0.5, 0.6) is 0 Å². The average molecular weight is 275 g/mol. The van der Waals surface area contributed by atoms with Crippen molar-refractivity contribution in [3.8, 4) is 0 Å². The van der Waals surface area contributed by atoms with E-state index < -0.39 is 11.7 Å². The first-order valence-corrected chi connectivity index (χ1v) is 6.94. The van der Waals surface area contributed by atoms with Crippen LogP contribution in [-0.2, 0) is 4.74 Å². The predicted molar refractivity (Wildman–Crippen MR) is 83.5 cm³/mol. The molecule has 1 aromatic rings. The van der Waals surface area contributed by atoms with Crippen molar-refractivity contribution in [2.45, 2.75) is 46.3 Å². The van der Waals surface area contributed by atoms with Crippen molar-refractivity contribution in [3.63, 3.8) is 0 Å². The molecule has 1 N–H and O–H groups in total. The SMILES string of the molecule is C=C(c1ccccc1)[C@@H](NC(=O)OC(C)(C)C)C(C)C. The maximum atomic E-state index is 11.9. The Balaban J connectivity index is 2.80. The Hall–Kier alpha value is -1.77. The van der Waals surface area contributed by atoms with Crippen LogP contribution in [-0.4, -0.2) is 17.7 Å². The Labute approximate surface area is 122 Å². The molecule has 20 heavy (non-hydrogen) atoms. The van der Waals surface area contributed by atoms with Gasteiger partial charge in [-0.1, -0.05) is 50.8 Å². The smallest absolute Gasteiger partial charge is 0.408 e. The molecule has 3 heteroatoms. The normalized spacial score (nSPS) is 12.9. The first-order valence-electron chi connectivity index (χ1n) is 6.94. The van der Waals surface area contributed by atoms with E-state index in [-0.39, 0.29) is 12.0 Å². The van der Waals surface area contributed by atoms with Crippen LogP contribution in [0.3, 0.4) is 0 Å². The first-order chi connectivity index (χ1) is 9.20. The summed E-state index contributed by atoms with van der Waals surface area (Å²) in [5, 5.41) is 2.91. The minimum absolute atomic E-state index is 0.146. The molecule has 0 aliphatic rings. The molecular formula is C17H25NO2. The molecule has 1 amide bonds. The number of nitrogens with one attached hydrogen (secondary N) is 1. The summed E-state index contributed by atoms with van der Waals surface area (Å²) in [6, 6.07) is 9.73. The molecule has 1 atom stereocenters. The number of carbonyl (C=O) groups is 1. The van der Waals surface area contributed by atoms with Crippen LogP contribution in [0.4, 0.5) is 4.79 Å². The second-order valence-corrected chi connectivity index (χ2v) is 6.26. The molecule has 1 rings (SSSR count). The van der Waals surface area contributed by atoms with Gasteiger partial charge < -0.3 is 10.1 Å². The molecule has 0 spiro atoms. The zero-order chi connectivity index (χ0) is 15.3. The van der Waals surface area contributed by atoms with Crippen LogP contribution in [0.2, 0.25) is 0 Å². The van der Waals surface area contributed by atoms with Crippen molar-refractivity contribution in [2.75, 3.05) is 0 Å². The van der Waals surface area contributed by atoms with Gasteiger partial charge >= 0.3 is 6.09 Å². The molecule has 110 valence electrons. The first kappa shape index (κ1) is 16.3. The molecule has 0 unspecified atom stereocenters. The molecule has 0 aliphatic carbocycles. The molecule has 3 nitrogen and oxygen atoms in total. The van der Waals surface area contributed by atoms with Crippen molar-refractivity contribution >= 4 is 11.7 Å². The number of hydrogen-bond acceptors (Lipinski definition) is 2. The molecule has 0 bridgehead atoms. The molecule has 0 fully saturated rings. The lowest BCUT2D eigenvalue weighted by Crippen LogP contribution is -2.42. The molecule has 0 aromatic heterocycles. The van der Waals surface area contributed by atoms with Crippen LogP contribution in [0.1, 0.15) is 40.2 Å². The van der Waals surface area contributed by atoms with Crippen LogP contribution in [0, 0.1) is 5.92 Å². The van der Waals surface area contributed by atoms with Crippen molar-refractivity contribution in [1.82, 2.24) is 5.32 Å². The highest BCUT2D eigenvalue weighted by Gasteiger charge is 2.23. The third-order valence-corrected chi connectivity index (χ3v) is 2.86. The van der Waals surface area contributed by atoms with Gasteiger partial charge in [-0.15, -0.1) is 0 Å². The zero-order valence-electron chi connectivity index (χ0n) is 13.1. The third-order valence-electron chi connectivity index (χ3n) is 2.86. The summed E-state index contributed by atoms with van der Waals surface area (Å²) >= 11 is 0. The summed E-state index contributed by atoms with van der Waals surface area (Å²) < 4.78 is 5.31. The van der Waals surface area contributed by atoms with Crippen LogP contribution in [0.25, 0.3) is 5.57 Å². The maximum absolute atomic E-state index is 11.9. The molecule has 0 saturated carbocycles. The fourth-order valence-corrected chi connectivity index (χ4v) is 1.92. The Morgan fingerprint density at radius 1 is 1.20 bits per heavy atom. The standard InChI is InChI=1S/C17H25NO2/c1-12(2)15(18-16(19)20-17(4,5)6)13(3)14-10-8-7-9-11-14/h7-12,15H,3H2,1-2,4-6H3,(H,18,19)/t15-/m0/s1. The summed E-state index contributed by atoms with van der Waals surface area (Å²) in [6.07, 6.45) is -0.409. The highest BCUT2D eigenvalue weighted by molar-refractivity contribution is 5.75. The van der Waals surface area contributed by atoms with Crippen LogP contribution in [0.15, 0.2) is 36.9 Å². The molecule has 0 saturated heterocycles. The van der Waals surface area contributed by atoms with Gasteiger partial charge in [0, 0.05) is 0 Å². The Kier molecular flexibility index (Phi) is 5.37. The number of benzene rings is 1. The summed E-state index contributed by atoms with van der Waals surface area (Å²) in [5.41, 5.74) is 1.42. The third kappa shape index (κ3) is 5.08. The lowest BCUT2D eigenvalue weighted by Gasteiger charge is -2.27. The molecule has 1 aromatic carbocycles. The molecule has 0 aliphatic heterocycles. The van der Waals surface area contributed by atoms with Gasteiger partial charge in [0.05, 0.1) is 6.04 Å². The second kappa shape index (κ2) is 6.60. The highest BCUT2D eigenvalue weighted by Crippen LogP contribution is 2.22. The van der Waals surface area contributed by atoms with E-state index in [0.717, 1.165) is 11.1 Å². The minimum Gasteiger partial charge on any atom is -0.444 e. The molecular weight excluding hydrogens is 250 g/mol. The van der Waals surface area contributed by atoms with Gasteiger partial charge in [0.15, 0.2) is 0 Å². The van der Waals surface area contributed by atoms with Crippen molar-refractivity contribution in [2.24, 2.45) is 5.92 Å². The average Bonchev–Trinajstić information content (AvgIpc) is 2.34. The number of alkyl carbamates (subject to hydrolysis) is 1. The van der Waals surface area contributed by atoms with Gasteiger partial charge in [-0.2, -0.15) is 0 Å². The van der Waals surface area contributed by atoms with Gasteiger partial charge in [0.2, 0.25) is 0 Å². The Morgan fingerprint density at radius 3 is 2.20 bits per heavy atom. The summed E-state index contributed by atoms with van der Waals surface area (Å²) in [4.78, 5) is 11.9. The van der Waals surface area contributed by atoms with Gasteiger partial charge in [0.1, 0.15) is 5.60 Å². The maximum Gasteiger partial charge on any atom is 0.408 e. The molecule has 0 heterocycles. The quantitative estimate of drug-likeness (QED) is 0.892. The van der Waals surface area contributed by atoms with Gasteiger partial charge in [-0.25, -0.2) is 4.79 Å². The number of rotatable bonds is 4. The van der Waals surface area contributed by atoms with Gasteiger partial charge in [0.25, 0.3) is 0 Å². The topological polar surface area (TPSA) is 38.3 Å². The number of hydrogen-bond donors (Lipinski definition) is 1. The van der Waals surface area contributed by atoms with Crippen molar-refractivity contribution < 1.29 is 9.53 Å². The fraction of sp³-hybridized carbons (Fsp3) is 0.471. The Morgan fingerprint density at radius 2 is 1.75 bits per heavy atom. The fourth-order valence-electron chi connectivity index (χ4n) is 1.92. The van der Waals surface area contributed by atoms with E-state index in [1.165, 1.54) is 0 Å². The summed E-state index contributed by atoms with van der Waals surface area (Å²) in [6.45, 7) is 13.8. The van der Waals surface area contributed by atoms with E-state index in [0.29, 0.717) is 0 Å². The van der Waals surface area contributed by atoms with E-state index in [4.69, 9.17) is 4.74 Å². The number of ether oxygens (including phenoxy) is 1. The van der Waals surface area contributed by atoms with Crippen LogP contribution >= 0.6 is 0 Å². The van der Waals surface area contributed by atoms with Crippen molar-refractivity contribution in [1.29, 1.82) is 0 Å². The van der Waals surface area contributed by atoms with Crippen molar-refractivity contribution in [3.05, 3.63) is 42.5 Å². The van der Waals surface area contributed by atoms with Gasteiger partial charge in [-0.05, 0) is 37.8 Å². The van der Waals surface area contributed by atoms with E-state index in [9.17, 15) is 4.79 Å². The lowest BCUT2D eigenvalue weighted by atomic mass is 9.92. The van der Waals surface area contributed by atoms with Gasteiger partial charge in [-0.3, -0.25) is 0 Å². The monoisotopic (exact) mass is 275 g/mol. The predicted octanol–water partition coefficient (Wildman–Crippen LogP) is 4.25. The molecule has 0 radical (unpaired) electrons. The Bertz CT molecular complexity index is 458. The van der Waals surface area contributed by atoms with E-state index >= 15 is 0 Å². The second-order valence-electron chi connectivity index (χ2n) is 6.26. The number of amides is 1. The minimum atomic E-state index is -0.500. The van der Waals surface area contributed by atoms with Crippen LogP contribution < -0.4 is 5.32 Å². The van der Waals surface area contributed by atoms with E-state index in [1.54, 1.807) is 0 Å². The number of carbonyl (C=O) groups excluding carboxylic acids is 1. The van der Waals surface area contributed by atoms with E-state index in [2.05, 4.69) is 25.7 Å². The summed E-state index contributed by atoms with van der Waals surface area (Å²) in [5.74, 6) is 0.232.